The Kier molecular flexibility index (Phi) is 10.1. The van der Waals surface area contributed by atoms with Crippen molar-refractivity contribution in [3.63, 3.8) is 0 Å². The summed E-state index contributed by atoms with van der Waals surface area (Å²) in [5.74, 6) is -1.54. The Morgan fingerprint density at radius 1 is 0.857 bits per heavy atom. The van der Waals surface area contributed by atoms with E-state index in [4.69, 9.17) is 0 Å². The molecule has 4 rings (SSSR count). The summed E-state index contributed by atoms with van der Waals surface area (Å²) in [7, 11) is -2.79. The summed E-state index contributed by atoms with van der Waals surface area (Å²) in [5.41, 5.74) is 2.77. The van der Waals surface area contributed by atoms with Gasteiger partial charge in [-0.05, 0) is 66.6 Å². The molecule has 2 amide bonds. The van der Waals surface area contributed by atoms with Gasteiger partial charge in [-0.3, -0.25) is 13.9 Å². The molecule has 1 atom stereocenters. The summed E-state index contributed by atoms with van der Waals surface area (Å²) in [6.07, 6.45) is 0.220. The van der Waals surface area contributed by atoms with E-state index >= 15 is 0 Å². The lowest BCUT2D eigenvalue weighted by atomic mass is 10.0. The maximum Gasteiger partial charge on any atom is 0.264 e. The molecule has 218 valence electrons. The summed E-state index contributed by atoms with van der Waals surface area (Å²) in [6, 6.07) is 26.9. The molecule has 4 aromatic carbocycles. The van der Waals surface area contributed by atoms with Gasteiger partial charge in [0.25, 0.3) is 10.0 Å². The minimum absolute atomic E-state index is 0.0648. The largest absolute Gasteiger partial charge is 0.357 e. The van der Waals surface area contributed by atoms with Gasteiger partial charge in [0.2, 0.25) is 11.8 Å². The summed E-state index contributed by atoms with van der Waals surface area (Å²) < 4.78 is 43.3. The van der Waals surface area contributed by atoms with Crippen molar-refractivity contribution in [3.05, 3.63) is 130 Å². The van der Waals surface area contributed by atoms with Gasteiger partial charge in [0, 0.05) is 24.5 Å². The topological polar surface area (TPSA) is 86.8 Å². The van der Waals surface area contributed by atoms with Crippen LogP contribution in [0.4, 0.5) is 10.1 Å². The lowest BCUT2D eigenvalue weighted by molar-refractivity contribution is -0.139. The standard InChI is InChI=1S/C32H31BrFN3O4S/c1-23-8-16-28(17-9-23)37(42(40,41)29-18-14-27(34)15-19-29)22-31(38)36(21-25-10-12-26(33)13-11-25)30(32(39)35-2)20-24-6-4-3-5-7-24/h3-19,30H,20-22H2,1-2H3,(H,35,39)/t30-/m0/s1. The fourth-order valence-corrected chi connectivity index (χ4v) is 6.16. The molecule has 0 aliphatic rings. The number of carbonyl (C=O) groups excluding carboxylic acids is 2. The molecule has 0 saturated heterocycles. The number of sulfonamides is 1. The Morgan fingerprint density at radius 2 is 1.48 bits per heavy atom. The summed E-state index contributed by atoms with van der Waals surface area (Å²) in [4.78, 5) is 28.7. The van der Waals surface area contributed by atoms with Crippen LogP contribution >= 0.6 is 15.9 Å². The first-order valence-electron chi connectivity index (χ1n) is 13.2. The van der Waals surface area contributed by atoms with E-state index in [-0.39, 0.29) is 29.5 Å². The molecule has 7 nitrogen and oxygen atoms in total. The Balaban J connectivity index is 1.77. The normalized spacial score (nSPS) is 11.9. The molecule has 0 unspecified atom stereocenters. The Labute approximate surface area is 254 Å². The van der Waals surface area contributed by atoms with Gasteiger partial charge in [0.05, 0.1) is 10.6 Å². The SMILES string of the molecule is CNC(=O)[C@H](Cc1ccccc1)N(Cc1ccc(Br)cc1)C(=O)CN(c1ccc(C)cc1)S(=O)(=O)c1ccc(F)cc1. The van der Waals surface area contributed by atoms with E-state index in [0.29, 0.717) is 0 Å². The van der Waals surface area contributed by atoms with Crippen molar-refractivity contribution in [3.8, 4) is 0 Å². The third-order valence-corrected chi connectivity index (χ3v) is 9.10. The first-order valence-corrected chi connectivity index (χ1v) is 15.5. The van der Waals surface area contributed by atoms with E-state index in [1.54, 1.807) is 24.3 Å². The highest BCUT2D eigenvalue weighted by Gasteiger charge is 2.34. The first-order chi connectivity index (χ1) is 20.1. The smallest absolute Gasteiger partial charge is 0.264 e. The number of hydrogen-bond donors (Lipinski definition) is 1. The third-order valence-electron chi connectivity index (χ3n) is 6.79. The average molecular weight is 653 g/mol. The van der Waals surface area contributed by atoms with Crippen LogP contribution in [0.15, 0.2) is 112 Å². The zero-order valence-electron chi connectivity index (χ0n) is 23.2. The van der Waals surface area contributed by atoms with Crippen molar-refractivity contribution < 1.29 is 22.4 Å². The van der Waals surface area contributed by atoms with Crippen LogP contribution in [0.2, 0.25) is 0 Å². The van der Waals surface area contributed by atoms with Crippen LogP contribution in [-0.2, 0) is 32.6 Å². The Morgan fingerprint density at radius 3 is 2.07 bits per heavy atom. The number of aryl methyl sites for hydroxylation is 1. The summed E-state index contributed by atoms with van der Waals surface area (Å²) in [6.45, 7) is 1.35. The second-order valence-electron chi connectivity index (χ2n) is 9.77. The number of likely N-dealkylation sites (N-methyl/N-ethyl adjacent to an activating group) is 1. The van der Waals surface area contributed by atoms with Crippen LogP contribution in [0.5, 0.6) is 0 Å². The van der Waals surface area contributed by atoms with Crippen molar-refractivity contribution in [2.24, 2.45) is 0 Å². The lowest BCUT2D eigenvalue weighted by Gasteiger charge is -2.33. The van der Waals surface area contributed by atoms with Crippen LogP contribution < -0.4 is 9.62 Å². The molecule has 0 aromatic heterocycles. The highest BCUT2D eigenvalue weighted by Crippen LogP contribution is 2.26. The summed E-state index contributed by atoms with van der Waals surface area (Å²) in [5, 5.41) is 2.66. The van der Waals surface area contributed by atoms with Crippen LogP contribution in [0.3, 0.4) is 0 Å². The van der Waals surface area contributed by atoms with E-state index in [0.717, 1.165) is 37.6 Å². The maximum atomic E-state index is 14.2. The molecular weight excluding hydrogens is 621 g/mol. The van der Waals surface area contributed by atoms with Gasteiger partial charge in [0.15, 0.2) is 0 Å². The maximum absolute atomic E-state index is 14.2. The van der Waals surface area contributed by atoms with E-state index in [1.165, 1.54) is 24.1 Å². The van der Waals surface area contributed by atoms with Crippen LogP contribution in [0.25, 0.3) is 0 Å². The van der Waals surface area contributed by atoms with Gasteiger partial charge in [-0.15, -0.1) is 0 Å². The van der Waals surface area contributed by atoms with Crippen molar-refractivity contribution in [2.45, 2.75) is 30.8 Å². The zero-order valence-corrected chi connectivity index (χ0v) is 25.6. The third kappa shape index (κ3) is 7.63. The fraction of sp³-hybridized carbons (Fsp3) is 0.188. The quantitative estimate of drug-likeness (QED) is 0.233. The van der Waals surface area contributed by atoms with Gasteiger partial charge < -0.3 is 10.2 Å². The number of nitrogens with zero attached hydrogens (tertiary/aromatic N) is 2. The molecule has 10 heteroatoms. The van der Waals surface area contributed by atoms with Gasteiger partial charge in [-0.25, -0.2) is 12.8 Å². The molecule has 0 fully saturated rings. The molecule has 4 aromatic rings. The first kappa shape index (κ1) is 30.9. The monoisotopic (exact) mass is 651 g/mol. The van der Waals surface area contributed by atoms with Crippen LogP contribution in [0, 0.1) is 12.7 Å². The van der Waals surface area contributed by atoms with E-state index in [1.807, 2.05) is 61.5 Å². The van der Waals surface area contributed by atoms with E-state index < -0.39 is 34.3 Å². The number of amides is 2. The van der Waals surface area contributed by atoms with Gasteiger partial charge in [-0.2, -0.15) is 0 Å². The molecule has 0 heterocycles. The van der Waals surface area contributed by atoms with Gasteiger partial charge in [0.1, 0.15) is 18.4 Å². The molecule has 42 heavy (non-hydrogen) atoms. The lowest BCUT2D eigenvalue weighted by Crippen LogP contribution is -2.53. The zero-order chi connectivity index (χ0) is 30.3. The number of halogens is 2. The van der Waals surface area contributed by atoms with Crippen molar-refractivity contribution >= 4 is 43.5 Å². The van der Waals surface area contributed by atoms with E-state index in [9.17, 15) is 22.4 Å². The predicted octanol–water partition coefficient (Wildman–Crippen LogP) is 5.48. The number of nitrogens with one attached hydrogen (secondary N) is 1. The molecule has 0 radical (unpaired) electrons. The number of rotatable bonds is 11. The molecular formula is C32H31BrFN3O4S. The Bertz CT molecular complexity index is 1620. The molecule has 0 bridgehead atoms. The number of anilines is 1. The van der Waals surface area contributed by atoms with Crippen molar-refractivity contribution in [1.29, 1.82) is 0 Å². The summed E-state index contributed by atoms with van der Waals surface area (Å²) >= 11 is 3.42. The fourth-order valence-electron chi connectivity index (χ4n) is 4.48. The molecule has 1 N–H and O–H groups in total. The second-order valence-corrected chi connectivity index (χ2v) is 12.5. The number of hydrogen-bond acceptors (Lipinski definition) is 4. The predicted molar refractivity (Wildman–Crippen MR) is 165 cm³/mol. The molecule has 0 spiro atoms. The number of carbonyl (C=O) groups is 2. The minimum atomic E-state index is -4.29. The number of benzene rings is 4. The minimum Gasteiger partial charge on any atom is -0.357 e. The highest BCUT2D eigenvalue weighted by atomic mass is 79.9. The average Bonchev–Trinajstić information content (AvgIpc) is 2.99. The highest BCUT2D eigenvalue weighted by molar-refractivity contribution is 9.10. The van der Waals surface area contributed by atoms with Gasteiger partial charge >= 0.3 is 0 Å². The van der Waals surface area contributed by atoms with Crippen LogP contribution in [-0.4, -0.2) is 44.8 Å². The Hall–Kier alpha value is -4.02. The molecule has 0 aliphatic carbocycles. The van der Waals surface area contributed by atoms with Gasteiger partial charge in [-0.1, -0.05) is 76.1 Å². The molecule has 0 saturated carbocycles. The van der Waals surface area contributed by atoms with Crippen molar-refractivity contribution in [1.82, 2.24) is 10.2 Å². The second kappa shape index (κ2) is 13.8. The van der Waals surface area contributed by atoms with Crippen molar-refractivity contribution in [2.75, 3.05) is 17.9 Å². The van der Waals surface area contributed by atoms with E-state index in [2.05, 4.69) is 21.2 Å². The molecule has 0 aliphatic heterocycles. The van der Waals surface area contributed by atoms with Crippen LogP contribution in [0.1, 0.15) is 16.7 Å².